The van der Waals surface area contributed by atoms with Crippen molar-refractivity contribution < 1.29 is 23.6 Å². The Bertz CT molecular complexity index is 652. The number of carboxylic acid groups (broad SMARTS) is 1. The first-order valence-electron chi connectivity index (χ1n) is 6.12. The van der Waals surface area contributed by atoms with Crippen LogP contribution in [0, 0.1) is 5.82 Å². The first kappa shape index (κ1) is 12.6. The summed E-state index contributed by atoms with van der Waals surface area (Å²) < 4.78 is 23.8. The number of aromatic nitrogens is 2. The topological polar surface area (TPSA) is 85.5 Å². The standard InChI is InChI=1S/C13H11FN2O4/c14-9-3-1-2-8(13(17)18)11(9)19-6-10-15-12(20-16-10)7-4-5-7/h1-3,7H,4-6H2,(H,17,18). The summed E-state index contributed by atoms with van der Waals surface area (Å²) in [6.07, 6.45) is 2.05. The predicted molar refractivity (Wildman–Crippen MR) is 64.0 cm³/mol. The molecule has 0 bridgehead atoms. The summed E-state index contributed by atoms with van der Waals surface area (Å²) in [7, 11) is 0. The van der Waals surface area contributed by atoms with E-state index in [0.717, 1.165) is 18.9 Å². The number of rotatable bonds is 5. The van der Waals surface area contributed by atoms with Gasteiger partial charge < -0.3 is 14.4 Å². The van der Waals surface area contributed by atoms with Crippen LogP contribution in [0.3, 0.4) is 0 Å². The average Bonchev–Trinajstić information content (AvgIpc) is 3.16. The zero-order valence-corrected chi connectivity index (χ0v) is 10.4. The third-order valence-electron chi connectivity index (χ3n) is 2.95. The molecule has 0 amide bonds. The third kappa shape index (κ3) is 2.47. The van der Waals surface area contributed by atoms with Gasteiger partial charge in [-0.3, -0.25) is 0 Å². The molecule has 0 unspecified atom stereocenters. The molecule has 1 fully saturated rings. The van der Waals surface area contributed by atoms with Crippen molar-refractivity contribution in [2.24, 2.45) is 0 Å². The van der Waals surface area contributed by atoms with E-state index in [1.807, 2.05) is 0 Å². The SMILES string of the molecule is O=C(O)c1cccc(F)c1OCc1noc(C2CC2)n1. The molecule has 1 saturated carbocycles. The van der Waals surface area contributed by atoms with Gasteiger partial charge in [0.05, 0.1) is 0 Å². The molecule has 0 aliphatic heterocycles. The number of aromatic carboxylic acids is 1. The minimum absolute atomic E-state index is 0.141. The van der Waals surface area contributed by atoms with Crippen molar-refractivity contribution in [1.29, 1.82) is 0 Å². The Morgan fingerprint density at radius 3 is 3.00 bits per heavy atom. The molecule has 0 atom stereocenters. The highest BCUT2D eigenvalue weighted by Crippen LogP contribution is 2.38. The molecule has 0 radical (unpaired) electrons. The third-order valence-corrected chi connectivity index (χ3v) is 2.95. The van der Waals surface area contributed by atoms with Crippen molar-refractivity contribution in [3.8, 4) is 5.75 Å². The van der Waals surface area contributed by atoms with Crippen LogP contribution in [0.5, 0.6) is 5.75 Å². The van der Waals surface area contributed by atoms with Crippen molar-refractivity contribution in [2.45, 2.75) is 25.4 Å². The Kier molecular flexibility index (Phi) is 3.09. The van der Waals surface area contributed by atoms with Crippen LogP contribution in [-0.4, -0.2) is 21.2 Å². The van der Waals surface area contributed by atoms with E-state index in [1.54, 1.807) is 0 Å². The van der Waals surface area contributed by atoms with Gasteiger partial charge in [-0.15, -0.1) is 0 Å². The Labute approximate surface area is 113 Å². The predicted octanol–water partition coefficient (Wildman–Crippen LogP) is 2.36. The van der Waals surface area contributed by atoms with Gasteiger partial charge in [0.25, 0.3) is 0 Å². The van der Waals surface area contributed by atoms with Gasteiger partial charge in [-0.1, -0.05) is 11.2 Å². The Morgan fingerprint density at radius 1 is 1.50 bits per heavy atom. The number of hydrogen-bond donors (Lipinski definition) is 1. The molecule has 1 aromatic heterocycles. The normalized spacial score (nSPS) is 14.2. The fourth-order valence-electron chi connectivity index (χ4n) is 1.78. The van der Waals surface area contributed by atoms with Gasteiger partial charge in [0.2, 0.25) is 11.7 Å². The molecule has 0 saturated heterocycles. The summed E-state index contributed by atoms with van der Waals surface area (Å²) in [6.45, 7) is -0.141. The number of benzene rings is 1. The van der Waals surface area contributed by atoms with Crippen LogP contribution in [0.4, 0.5) is 4.39 Å². The highest BCUT2D eigenvalue weighted by Gasteiger charge is 2.29. The van der Waals surface area contributed by atoms with E-state index in [9.17, 15) is 9.18 Å². The molecule has 3 rings (SSSR count). The van der Waals surface area contributed by atoms with Crippen LogP contribution in [0.25, 0.3) is 0 Å². The van der Waals surface area contributed by atoms with Gasteiger partial charge >= 0.3 is 5.97 Å². The van der Waals surface area contributed by atoms with E-state index in [1.165, 1.54) is 12.1 Å². The van der Waals surface area contributed by atoms with Gasteiger partial charge in [0, 0.05) is 5.92 Å². The molecular formula is C13H11FN2O4. The van der Waals surface area contributed by atoms with Gasteiger partial charge in [-0.2, -0.15) is 4.98 Å². The maximum atomic E-state index is 13.6. The van der Waals surface area contributed by atoms with Crippen LogP contribution in [0.1, 0.15) is 40.8 Å². The smallest absolute Gasteiger partial charge is 0.339 e. The first-order chi connectivity index (χ1) is 9.65. The lowest BCUT2D eigenvalue weighted by atomic mass is 10.2. The number of halogens is 1. The maximum Gasteiger partial charge on any atom is 0.339 e. The van der Waals surface area contributed by atoms with Gasteiger partial charge in [0.15, 0.2) is 18.2 Å². The van der Waals surface area contributed by atoms with Gasteiger partial charge in [-0.05, 0) is 25.0 Å². The molecule has 1 aromatic carbocycles. The highest BCUT2D eigenvalue weighted by molar-refractivity contribution is 5.90. The first-order valence-corrected chi connectivity index (χ1v) is 6.12. The lowest BCUT2D eigenvalue weighted by molar-refractivity contribution is 0.0690. The molecule has 1 N–H and O–H groups in total. The van der Waals surface area contributed by atoms with Gasteiger partial charge in [-0.25, -0.2) is 9.18 Å². The van der Waals surface area contributed by atoms with E-state index in [-0.39, 0.29) is 23.7 Å². The van der Waals surface area contributed by atoms with Crippen molar-refractivity contribution in [1.82, 2.24) is 10.1 Å². The fraction of sp³-hybridized carbons (Fsp3) is 0.308. The van der Waals surface area contributed by atoms with Crippen LogP contribution < -0.4 is 4.74 Å². The minimum Gasteiger partial charge on any atom is -0.481 e. The molecule has 20 heavy (non-hydrogen) atoms. The molecule has 0 spiro atoms. The second kappa shape index (κ2) is 4.92. The number of carbonyl (C=O) groups is 1. The van der Waals surface area contributed by atoms with Crippen molar-refractivity contribution in [3.05, 3.63) is 41.3 Å². The van der Waals surface area contributed by atoms with Crippen molar-refractivity contribution in [2.75, 3.05) is 0 Å². The van der Waals surface area contributed by atoms with E-state index < -0.39 is 11.8 Å². The second-order valence-electron chi connectivity index (χ2n) is 4.53. The molecule has 2 aromatic rings. The van der Waals surface area contributed by atoms with E-state index in [0.29, 0.717) is 11.8 Å². The number of hydrogen-bond acceptors (Lipinski definition) is 5. The summed E-state index contributed by atoms with van der Waals surface area (Å²) in [5, 5.41) is 12.7. The lowest BCUT2D eigenvalue weighted by Crippen LogP contribution is -2.06. The molecular weight excluding hydrogens is 267 g/mol. The van der Waals surface area contributed by atoms with Crippen LogP contribution in [0.15, 0.2) is 22.7 Å². The number of nitrogens with zero attached hydrogens (tertiary/aromatic N) is 2. The zero-order valence-electron chi connectivity index (χ0n) is 10.4. The molecule has 6 nitrogen and oxygen atoms in total. The molecule has 7 heteroatoms. The molecule has 1 aliphatic carbocycles. The lowest BCUT2D eigenvalue weighted by Gasteiger charge is -2.07. The molecule has 104 valence electrons. The zero-order chi connectivity index (χ0) is 14.1. The summed E-state index contributed by atoms with van der Waals surface area (Å²) in [4.78, 5) is 15.1. The second-order valence-corrected chi connectivity index (χ2v) is 4.53. The monoisotopic (exact) mass is 278 g/mol. The Morgan fingerprint density at radius 2 is 2.30 bits per heavy atom. The number of carboxylic acids is 1. The van der Waals surface area contributed by atoms with Crippen molar-refractivity contribution >= 4 is 5.97 Å². The maximum absolute atomic E-state index is 13.6. The minimum atomic E-state index is -1.26. The highest BCUT2D eigenvalue weighted by atomic mass is 19.1. The summed E-state index contributed by atoms with van der Waals surface area (Å²) in [5.41, 5.74) is -0.240. The van der Waals surface area contributed by atoms with E-state index >= 15 is 0 Å². The van der Waals surface area contributed by atoms with Crippen LogP contribution in [0.2, 0.25) is 0 Å². The molecule has 1 heterocycles. The van der Waals surface area contributed by atoms with E-state index in [4.69, 9.17) is 14.4 Å². The average molecular weight is 278 g/mol. The largest absolute Gasteiger partial charge is 0.481 e. The van der Waals surface area contributed by atoms with E-state index in [2.05, 4.69) is 10.1 Å². The summed E-state index contributed by atoms with van der Waals surface area (Å²) >= 11 is 0. The number of para-hydroxylation sites is 1. The molecule has 1 aliphatic rings. The van der Waals surface area contributed by atoms with Crippen LogP contribution in [-0.2, 0) is 6.61 Å². The summed E-state index contributed by atoms with van der Waals surface area (Å²) in [5.74, 6) is -1.18. The Balaban J connectivity index is 1.75. The van der Waals surface area contributed by atoms with Crippen molar-refractivity contribution in [3.63, 3.8) is 0 Å². The quantitative estimate of drug-likeness (QED) is 0.903. The Hall–Kier alpha value is -2.44. The summed E-state index contributed by atoms with van der Waals surface area (Å²) in [6, 6.07) is 3.71. The van der Waals surface area contributed by atoms with Crippen LogP contribution >= 0.6 is 0 Å². The van der Waals surface area contributed by atoms with Gasteiger partial charge in [0.1, 0.15) is 5.56 Å². The fourth-order valence-corrected chi connectivity index (χ4v) is 1.78. The number of ether oxygens (including phenoxy) is 1.